The second-order valence-electron chi connectivity index (χ2n) is 5.49. The number of halogens is 2. The van der Waals surface area contributed by atoms with Crippen molar-refractivity contribution in [3.8, 4) is 11.5 Å². The Bertz CT molecular complexity index is 1070. The smallest absolute Gasteiger partial charge is 0.227 e. The molecule has 4 aromatic rings. The predicted molar refractivity (Wildman–Crippen MR) is 114 cm³/mol. The number of fused-ring (bicyclic) bond motifs is 1. The van der Waals surface area contributed by atoms with E-state index >= 15 is 0 Å². The summed E-state index contributed by atoms with van der Waals surface area (Å²) in [6.45, 7) is 0. The van der Waals surface area contributed by atoms with Gasteiger partial charge in [-0.25, -0.2) is 4.98 Å². The fourth-order valence-electron chi connectivity index (χ4n) is 2.45. The van der Waals surface area contributed by atoms with Gasteiger partial charge in [-0.1, -0.05) is 28.1 Å². The van der Waals surface area contributed by atoms with Crippen molar-refractivity contribution in [2.45, 2.75) is 0 Å². The normalized spacial score (nSPS) is 11.4. The molecule has 0 radical (unpaired) electrons. The zero-order chi connectivity index (χ0) is 17.2. The van der Waals surface area contributed by atoms with Crippen LogP contribution >= 0.6 is 38.5 Å². The van der Waals surface area contributed by atoms with Crippen LogP contribution in [0.15, 0.2) is 80.6 Å². The largest absolute Gasteiger partial charge is 0.436 e. The second-order valence-corrected chi connectivity index (χ2v) is 7.65. The van der Waals surface area contributed by atoms with Crippen LogP contribution in [0.25, 0.3) is 22.6 Å². The summed E-state index contributed by atoms with van der Waals surface area (Å²) in [4.78, 5) is 9.13. The van der Waals surface area contributed by atoms with Gasteiger partial charge in [0.25, 0.3) is 0 Å². The molecule has 0 aliphatic rings. The highest BCUT2D eigenvalue weighted by atomic mass is 127. The number of aromatic nitrogens is 1. The third-order valence-corrected chi connectivity index (χ3v) is 4.87. The molecular formula is C20H12BrIN2O. The van der Waals surface area contributed by atoms with Gasteiger partial charge in [0.05, 0.1) is 5.69 Å². The summed E-state index contributed by atoms with van der Waals surface area (Å²) in [6.07, 6.45) is 1.86. The Balaban J connectivity index is 1.65. The third kappa shape index (κ3) is 3.82. The van der Waals surface area contributed by atoms with Gasteiger partial charge in [-0.05, 0) is 82.8 Å². The topological polar surface area (TPSA) is 38.4 Å². The molecule has 25 heavy (non-hydrogen) atoms. The van der Waals surface area contributed by atoms with E-state index in [1.165, 1.54) is 3.57 Å². The summed E-state index contributed by atoms with van der Waals surface area (Å²) in [6, 6.07) is 21.9. The van der Waals surface area contributed by atoms with E-state index in [0.29, 0.717) is 5.89 Å². The van der Waals surface area contributed by atoms with Crippen molar-refractivity contribution < 1.29 is 4.42 Å². The van der Waals surface area contributed by atoms with Crippen molar-refractivity contribution in [2.24, 2.45) is 4.99 Å². The van der Waals surface area contributed by atoms with Crippen molar-refractivity contribution >= 4 is 61.5 Å². The third-order valence-electron chi connectivity index (χ3n) is 3.67. The van der Waals surface area contributed by atoms with Crippen LogP contribution in [0.4, 0.5) is 5.69 Å². The summed E-state index contributed by atoms with van der Waals surface area (Å²) >= 11 is 5.73. The maximum atomic E-state index is 5.85. The highest BCUT2D eigenvalue weighted by Crippen LogP contribution is 2.28. The van der Waals surface area contributed by atoms with Crippen LogP contribution in [-0.2, 0) is 0 Å². The molecule has 0 saturated carbocycles. The lowest BCUT2D eigenvalue weighted by molar-refractivity contribution is 0.620. The molecule has 0 N–H and O–H groups in total. The maximum absolute atomic E-state index is 5.85. The van der Waals surface area contributed by atoms with Crippen LogP contribution in [-0.4, -0.2) is 11.2 Å². The molecule has 3 nitrogen and oxygen atoms in total. The van der Waals surface area contributed by atoms with Crippen LogP contribution in [0.2, 0.25) is 0 Å². The Morgan fingerprint density at radius 2 is 1.84 bits per heavy atom. The number of benzene rings is 3. The first kappa shape index (κ1) is 16.5. The summed E-state index contributed by atoms with van der Waals surface area (Å²) in [5.41, 5.74) is 4.43. The van der Waals surface area contributed by atoms with E-state index in [4.69, 9.17) is 4.42 Å². The molecule has 4 rings (SSSR count). The van der Waals surface area contributed by atoms with Crippen molar-refractivity contribution in [3.05, 3.63) is 80.3 Å². The lowest BCUT2D eigenvalue weighted by Gasteiger charge is -1.95. The maximum Gasteiger partial charge on any atom is 0.227 e. The van der Waals surface area contributed by atoms with E-state index in [1.54, 1.807) is 0 Å². The fraction of sp³-hybridized carbons (Fsp3) is 0. The van der Waals surface area contributed by atoms with Gasteiger partial charge in [-0.3, -0.25) is 4.99 Å². The van der Waals surface area contributed by atoms with Crippen LogP contribution in [0.3, 0.4) is 0 Å². The fourth-order valence-corrected chi connectivity index (χ4v) is 3.28. The molecule has 0 unspecified atom stereocenters. The SMILES string of the molecule is Brc1ccc(-c2nc3cc(N=Cc4cccc(I)c4)ccc3o2)cc1. The first-order valence-corrected chi connectivity index (χ1v) is 9.51. The van der Waals surface area contributed by atoms with Crippen LogP contribution in [0, 0.1) is 3.57 Å². The first-order valence-electron chi connectivity index (χ1n) is 7.63. The molecule has 0 aliphatic heterocycles. The second kappa shape index (κ2) is 7.09. The predicted octanol–water partition coefficient (Wildman–Crippen LogP) is 6.61. The van der Waals surface area contributed by atoms with Gasteiger partial charge in [-0.15, -0.1) is 0 Å². The molecule has 1 aromatic heterocycles. The molecule has 3 aromatic carbocycles. The molecule has 0 bridgehead atoms. The van der Waals surface area contributed by atoms with Crippen molar-refractivity contribution in [1.82, 2.24) is 4.98 Å². The van der Waals surface area contributed by atoms with E-state index in [0.717, 1.165) is 32.4 Å². The Labute approximate surface area is 167 Å². The van der Waals surface area contributed by atoms with Gasteiger partial charge in [0, 0.05) is 19.8 Å². The first-order chi connectivity index (χ1) is 12.2. The molecule has 1 heterocycles. The summed E-state index contributed by atoms with van der Waals surface area (Å²) < 4.78 is 8.06. The van der Waals surface area contributed by atoms with Crippen molar-refractivity contribution in [2.75, 3.05) is 0 Å². The number of oxazole rings is 1. The molecule has 0 saturated heterocycles. The van der Waals surface area contributed by atoms with Gasteiger partial charge in [0.1, 0.15) is 5.52 Å². The Kier molecular flexibility index (Phi) is 4.67. The van der Waals surface area contributed by atoms with Gasteiger partial charge in [0.2, 0.25) is 5.89 Å². The molecular weight excluding hydrogens is 491 g/mol. The quantitative estimate of drug-likeness (QED) is 0.233. The van der Waals surface area contributed by atoms with Crippen LogP contribution < -0.4 is 0 Å². The number of hydrogen-bond acceptors (Lipinski definition) is 3. The van der Waals surface area contributed by atoms with E-state index < -0.39 is 0 Å². The van der Waals surface area contributed by atoms with Crippen LogP contribution in [0.5, 0.6) is 0 Å². The summed E-state index contributed by atoms with van der Waals surface area (Å²) in [5.74, 6) is 0.612. The molecule has 0 atom stereocenters. The lowest BCUT2D eigenvalue weighted by Crippen LogP contribution is -1.81. The molecule has 0 fully saturated rings. The van der Waals surface area contributed by atoms with Crippen LogP contribution in [0.1, 0.15) is 5.56 Å². The highest BCUT2D eigenvalue weighted by Gasteiger charge is 2.08. The monoisotopic (exact) mass is 502 g/mol. The van der Waals surface area contributed by atoms with Crippen molar-refractivity contribution in [1.29, 1.82) is 0 Å². The Hall–Kier alpha value is -1.99. The minimum Gasteiger partial charge on any atom is -0.436 e. The Morgan fingerprint density at radius 3 is 2.64 bits per heavy atom. The zero-order valence-corrected chi connectivity index (χ0v) is 16.7. The number of nitrogens with zero attached hydrogens (tertiary/aromatic N) is 2. The minimum absolute atomic E-state index is 0.612. The molecule has 0 amide bonds. The minimum atomic E-state index is 0.612. The molecule has 5 heteroatoms. The molecule has 0 spiro atoms. The van der Waals surface area contributed by atoms with Gasteiger partial charge < -0.3 is 4.42 Å². The van der Waals surface area contributed by atoms with Gasteiger partial charge in [-0.2, -0.15) is 0 Å². The van der Waals surface area contributed by atoms with E-state index in [9.17, 15) is 0 Å². The van der Waals surface area contributed by atoms with E-state index in [2.05, 4.69) is 60.6 Å². The summed E-state index contributed by atoms with van der Waals surface area (Å²) in [7, 11) is 0. The van der Waals surface area contributed by atoms with Gasteiger partial charge in [0.15, 0.2) is 5.58 Å². The van der Waals surface area contributed by atoms with E-state index in [1.807, 2.05) is 60.8 Å². The Morgan fingerprint density at radius 1 is 1.00 bits per heavy atom. The van der Waals surface area contributed by atoms with Crippen molar-refractivity contribution in [3.63, 3.8) is 0 Å². The number of rotatable bonds is 3. The highest BCUT2D eigenvalue weighted by molar-refractivity contribution is 14.1. The number of hydrogen-bond donors (Lipinski definition) is 0. The van der Waals surface area contributed by atoms with Gasteiger partial charge >= 0.3 is 0 Å². The molecule has 0 aliphatic carbocycles. The average molecular weight is 503 g/mol. The molecule has 122 valence electrons. The number of aliphatic imine (C=N–C) groups is 1. The van der Waals surface area contributed by atoms with E-state index in [-0.39, 0.29) is 0 Å². The standard InChI is InChI=1S/C20H12BrIN2O/c21-15-6-4-14(5-7-15)20-24-18-11-17(8-9-19(18)25-20)23-12-13-2-1-3-16(22)10-13/h1-12H. The zero-order valence-electron chi connectivity index (χ0n) is 13.0. The lowest BCUT2D eigenvalue weighted by atomic mass is 10.2. The summed E-state index contributed by atoms with van der Waals surface area (Å²) in [5, 5.41) is 0. The average Bonchev–Trinajstić information content (AvgIpc) is 3.04.